The zero-order valence-electron chi connectivity index (χ0n) is 14.4. The second-order valence-corrected chi connectivity index (χ2v) is 6.60. The van der Waals surface area contributed by atoms with Crippen LogP contribution in [0, 0.1) is 5.92 Å². The van der Waals surface area contributed by atoms with Crippen molar-refractivity contribution in [1.82, 2.24) is 0 Å². The highest BCUT2D eigenvalue weighted by Gasteiger charge is 2.38. The van der Waals surface area contributed by atoms with E-state index in [0.717, 1.165) is 17.9 Å². The number of rotatable bonds is 5. The molecule has 0 spiro atoms. The van der Waals surface area contributed by atoms with Gasteiger partial charge in [0, 0.05) is 11.6 Å². The fourth-order valence-corrected chi connectivity index (χ4v) is 3.98. The van der Waals surface area contributed by atoms with Crippen molar-refractivity contribution in [2.75, 3.05) is 19.0 Å². The Labute approximate surface area is 149 Å². The van der Waals surface area contributed by atoms with Crippen molar-refractivity contribution in [3.8, 4) is 11.5 Å². The molecule has 0 bridgehead atoms. The van der Waals surface area contributed by atoms with Crippen molar-refractivity contribution in [1.29, 1.82) is 0 Å². The summed E-state index contributed by atoms with van der Waals surface area (Å²) in [6.07, 6.45) is 7.50. The molecule has 0 saturated heterocycles. The molecule has 3 nitrogen and oxygen atoms in total. The highest BCUT2D eigenvalue weighted by molar-refractivity contribution is 5.62. The molecule has 2 aliphatic rings. The van der Waals surface area contributed by atoms with Crippen molar-refractivity contribution in [3.63, 3.8) is 0 Å². The van der Waals surface area contributed by atoms with Crippen molar-refractivity contribution < 1.29 is 9.47 Å². The van der Waals surface area contributed by atoms with Gasteiger partial charge in [0.05, 0.1) is 13.2 Å². The number of anilines is 1. The summed E-state index contributed by atoms with van der Waals surface area (Å²) < 4.78 is 11.1. The summed E-state index contributed by atoms with van der Waals surface area (Å²) in [7, 11) is 1.72. The van der Waals surface area contributed by atoms with E-state index in [0.29, 0.717) is 18.4 Å². The summed E-state index contributed by atoms with van der Waals surface area (Å²) in [5, 5.41) is 3.75. The van der Waals surface area contributed by atoms with E-state index in [-0.39, 0.29) is 6.04 Å². The van der Waals surface area contributed by atoms with Crippen molar-refractivity contribution in [2.24, 2.45) is 5.92 Å². The molecule has 1 N–H and O–H groups in total. The second kappa shape index (κ2) is 6.67. The van der Waals surface area contributed by atoms with Gasteiger partial charge in [-0.3, -0.25) is 0 Å². The van der Waals surface area contributed by atoms with Crippen LogP contribution in [0.3, 0.4) is 0 Å². The molecule has 0 saturated carbocycles. The lowest BCUT2D eigenvalue weighted by atomic mass is 9.77. The zero-order chi connectivity index (χ0) is 17.2. The van der Waals surface area contributed by atoms with E-state index in [1.807, 2.05) is 12.1 Å². The molecular weight excluding hydrogens is 310 g/mol. The van der Waals surface area contributed by atoms with Gasteiger partial charge in [0.15, 0.2) is 0 Å². The number of nitrogens with one attached hydrogen (secondary N) is 1. The van der Waals surface area contributed by atoms with E-state index in [4.69, 9.17) is 9.47 Å². The second-order valence-electron chi connectivity index (χ2n) is 6.60. The topological polar surface area (TPSA) is 30.5 Å². The minimum atomic E-state index is 0.280. The molecule has 3 heteroatoms. The number of fused-ring (bicyclic) bond motifs is 3. The number of methoxy groups -OCH3 is 1. The Balaban J connectivity index is 1.69. The zero-order valence-corrected chi connectivity index (χ0v) is 14.4. The molecule has 25 heavy (non-hydrogen) atoms. The predicted molar refractivity (Wildman–Crippen MR) is 101 cm³/mol. The summed E-state index contributed by atoms with van der Waals surface area (Å²) in [6.45, 7) is 4.25. The lowest BCUT2D eigenvalue weighted by molar-refractivity contribution is 0.361. The van der Waals surface area contributed by atoms with Gasteiger partial charge in [0.2, 0.25) is 0 Å². The fraction of sp³-hybridized carbons (Fsp3) is 0.273. The van der Waals surface area contributed by atoms with Gasteiger partial charge in [-0.15, -0.1) is 0 Å². The van der Waals surface area contributed by atoms with Crippen LogP contribution in [0.5, 0.6) is 11.5 Å². The first-order valence-corrected chi connectivity index (χ1v) is 8.75. The molecule has 4 rings (SSSR count). The minimum absolute atomic E-state index is 0.280. The van der Waals surface area contributed by atoms with Crippen LogP contribution in [-0.4, -0.2) is 13.7 Å². The van der Waals surface area contributed by atoms with E-state index < -0.39 is 0 Å². The first-order chi connectivity index (χ1) is 12.3. The van der Waals surface area contributed by atoms with Gasteiger partial charge in [-0.2, -0.15) is 0 Å². The third-order valence-electron chi connectivity index (χ3n) is 5.16. The first-order valence-electron chi connectivity index (χ1n) is 8.75. The molecule has 3 unspecified atom stereocenters. The Morgan fingerprint density at radius 2 is 2.12 bits per heavy atom. The monoisotopic (exact) mass is 333 g/mol. The van der Waals surface area contributed by atoms with Crippen LogP contribution in [0.1, 0.15) is 29.5 Å². The fourth-order valence-electron chi connectivity index (χ4n) is 3.98. The largest absolute Gasteiger partial charge is 0.497 e. The Morgan fingerprint density at radius 1 is 1.20 bits per heavy atom. The quantitative estimate of drug-likeness (QED) is 0.773. The Morgan fingerprint density at radius 3 is 2.96 bits per heavy atom. The SMILES string of the molecule is C=CCOc1ccc2c(c1)C1C=CCC1C(c1cccc(OC)c1)N2. The van der Waals surface area contributed by atoms with Gasteiger partial charge >= 0.3 is 0 Å². The van der Waals surface area contributed by atoms with Gasteiger partial charge in [-0.25, -0.2) is 0 Å². The third-order valence-corrected chi connectivity index (χ3v) is 5.16. The molecule has 1 heterocycles. The number of allylic oxidation sites excluding steroid dienone is 2. The highest BCUT2D eigenvalue weighted by Crippen LogP contribution is 2.50. The third kappa shape index (κ3) is 2.91. The predicted octanol–water partition coefficient (Wildman–Crippen LogP) is 5.09. The van der Waals surface area contributed by atoms with Crippen molar-refractivity contribution in [2.45, 2.75) is 18.4 Å². The van der Waals surface area contributed by atoms with Crippen LogP contribution < -0.4 is 14.8 Å². The average molecular weight is 333 g/mol. The molecule has 0 fully saturated rings. The van der Waals surface area contributed by atoms with Gasteiger partial charge in [0.25, 0.3) is 0 Å². The highest BCUT2D eigenvalue weighted by atomic mass is 16.5. The molecule has 1 aliphatic heterocycles. The van der Waals surface area contributed by atoms with Gasteiger partial charge < -0.3 is 14.8 Å². The molecular formula is C22H23NO2. The first kappa shape index (κ1) is 15.8. The van der Waals surface area contributed by atoms with Crippen molar-refractivity contribution >= 4 is 5.69 Å². The summed E-state index contributed by atoms with van der Waals surface area (Å²) in [6, 6.07) is 15.0. The average Bonchev–Trinajstić information content (AvgIpc) is 3.16. The number of benzene rings is 2. The van der Waals surface area contributed by atoms with Crippen LogP contribution in [0.25, 0.3) is 0 Å². The molecule has 0 radical (unpaired) electrons. The van der Waals surface area contributed by atoms with Crippen molar-refractivity contribution in [3.05, 3.63) is 78.4 Å². The molecule has 2 aromatic carbocycles. The van der Waals surface area contributed by atoms with Crippen LogP contribution in [0.4, 0.5) is 5.69 Å². The molecule has 0 amide bonds. The van der Waals surface area contributed by atoms with E-state index in [1.54, 1.807) is 13.2 Å². The van der Waals surface area contributed by atoms with Gasteiger partial charge in [-0.05, 0) is 53.8 Å². The van der Waals surface area contributed by atoms with Crippen LogP contribution in [0.15, 0.2) is 67.3 Å². The van der Waals surface area contributed by atoms with Gasteiger partial charge in [-0.1, -0.05) is 36.9 Å². The van der Waals surface area contributed by atoms with Crippen LogP contribution >= 0.6 is 0 Å². The summed E-state index contributed by atoms with van der Waals surface area (Å²) >= 11 is 0. The number of ether oxygens (including phenoxy) is 2. The summed E-state index contributed by atoms with van der Waals surface area (Å²) in [5.74, 6) is 2.73. The van der Waals surface area contributed by atoms with Crippen LogP contribution in [-0.2, 0) is 0 Å². The number of hydrogen-bond donors (Lipinski definition) is 1. The normalized spacial score (nSPS) is 23.3. The molecule has 128 valence electrons. The lowest BCUT2D eigenvalue weighted by Crippen LogP contribution is -2.29. The van der Waals surface area contributed by atoms with E-state index >= 15 is 0 Å². The Kier molecular flexibility index (Phi) is 4.22. The summed E-state index contributed by atoms with van der Waals surface area (Å²) in [4.78, 5) is 0. The standard InChI is InChI=1S/C22H23NO2/c1-3-12-25-17-10-11-21-20(14-17)18-8-5-9-19(18)22(23-21)15-6-4-7-16(13-15)24-2/h3-8,10-11,13-14,18-19,22-23H,1,9,12H2,2H3. The maximum Gasteiger partial charge on any atom is 0.120 e. The molecule has 2 aromatic rings. The maximum atomic E-state index is 5.73. The molecule has 3 atom stereocenters. The molecule has 1 aliphatic carbocycles. The molecule has 0 aromatic heterocycles. The lowest BCUT2D eigenvalue weighted by Gasteiger charge is -2.37. The Hall–Kier alpha value is -2.68. The van der Waals surface area contributed by atoms with E-state index in [9.17, 15) is 0 Å². The van der Waals surface area contributed by atoms with E-state index in [2.05, 4.69) is 54.4 Å². The number of hydrogen-bond acceptors (Lipinski definition) is 3. The van der Waals surface area contributed by atoms with Gasteiger partial charge in [0.1, 0.15) is 18.1 Å². The van der Waals surface area contributed by atoms with E-state index in [1.165, 1.54) is 16.8 Å². The Bertz CT molecular complexity index is 811. The maximum absolute atomic E-state index is 5.73. The van der Waals surface area contributed by atoms with Crippen LogP contribution in [0.2, 0.25) is 0 Å². The minimum Gasteiger partial charge on any atom is -0.497 e. The smallest absolute Gasteiger partial charge is 0.120 e. The summed E-state index contributed by atoms with van der Waals surface area (Å²) in [5.41, 5.74) is 3.78.